The third kappa shape index (κ3) is 5.12. The molecule has 5 heteroatoms. The van der Waals surface area contributed by atoms with Crippen LogP contribution in [-0.2, 0) is 0 Å². The third-order valence-corrected chi connectivity index (χ3v) is 4.14. The minimum Gasteiger partial charge on any atom is -0.350 e. The highest BCUT2D eigenvalue weighted by Crippen LogP contribution is 2.19. The first-order valence-electron chi connectivity index (χ1n) is 5.81. The fourth-order valence-corrected chi connectivity index (χ4v) is 1.98. The van der Waals surface area contributed by atoms with Gasteiger partial charge in [-0.15, -0.1) is 0 Å². The van der Waals surface area contributed by atoms with Crippen molar-refractivity contribution in [2.75, 3.05) is 20.6 Å². The van der Waals surface area contributed by atoms with Crippen LogP contribution >= 0.6 is 34.2 Å². The van der Waals surface area contributed by atoms with Crippen LogP contribution in [0.15, 0.2) is 18.2 Å². The number of carbonyl (C=O) groups is 1. The van der Waals surface area contributed by atoms with Gasteiger partial charge in [0, 0.05) is 15.2 Å². The lowest BCUT2D eigenvalue weighted by atomic mass is 10.1. The van der Waals surface area contributed by atoms with Gasteiger partial charge in [-0.05, 0) is 74.8 Å². The summed E-state index contributed by atoms with van der Waals surface area (Å²) in [5.74, 6) is -0.0699. The molecule has 0 spiro atoms. The standard InChI is InChI=1S/C13H18ClIN2O/c1-9(6-7-17(2)3)16-13(18)10-4-5-12(15)11(14)8-10/h4-5,8-9H,6-7H2,1-3H3,(H,16,18). The maximum Gasteiger partial charge on any atom is 0.251 e. The number of nitrogens with one attached hydrogen (secondary N) is 1. The largest absolute Gasteiger partial charge is 0.350 e. The Balaban J connectivity index is 2.56. The number of benzene rings is 1. The number of hydrogen-bond acceptors (Lipinski definition) is 2. The van der Waals surface area contributed by atoms with Gasteiger partial charge in [0.05, 0.1) is 5.02 Å². The van der Waals surface area contributed by atoms with Crippen LogP contribution in [0.3, 0.4) is 0 Å². The van der Waals surface area contributed by atoms with E-state index in [4.69, 9.17) is 11.6 Å². The molecule has 0 aliphatic carbocycles. The summed E-state index contributed by atoms with van der Waals surface area (Å²) >= 11 is 8.14. The number of nitrogens with zero attached hydrogens (tertiary/aromatic N) is 1. The fourth-order valence-electron chi connectivity index (χ4n) is 1.47. The molecule has 1 N–H and O–H groups in total. The van der Waals surface area contributed by atoms with Crippen LogP contribution in [-0.4, -0.2) is 37.5 Å². The van der Waals surface area contributed by atoms with Gasteiger partial charge in [-0.1, -0.05) is 11.6 Å². The molecule has 100 valence electrons. The molecule has 0 radical (unpaired) electrons. The minimum absolute atomic E-state index is 0.0699. The zero-order valence-electron chi connectivity index (χ0n) is 10.8. The van der Waals surface area contributed by atoms with Crippen LogP contribution < -0.4 is 5.32 Å². The predicted molar refractivity (Wildman–Crippen MR) is 84.3 cm³/mol. The summed E-state index contributed by atoms with van der Waals surface area (Å²) < 4.78 is 0.950. The van der Waals surface area contributed by atoms with Crippen molar-refractivity contribution in [1.82, 2.24) is 10.2 Å². The van der Waals surface area contributed by atoms with E-state index < -0.39 is 0 Å². The molecule has 0 saturated carbocycles. The van der Waals surface area contributed by atoms with E-state index in [2.05, 4.69) is 32.8 Å². The lowest BCUT2D eigenvalue weighted by Gasteiger charge is -2.16. The van der Waals surface area contributed by atoms with Gasteiger partial charge in [0.1, 0.15) is 0 Å². The second kappa shape index (κ2) is 7.31. The first-order chi connectivity index (χ1) is 8.40. The highest BCUT2D eigenvalue weighted by molar-refractivity contribution is 14.1. The molecule has 0 fully saturated rings. The van der Waals surface area contributed by atoms with Crippen LogP contribution in [0.2, 0.25) is 5.02 Å². The van der Waals surface area contributed by atoms with Gasteiger partial charge in [0.25, 0.3) is 5.91 Å². The Bertz CT molecular complexity index is 423. The zero-order chi connectivity index (χ0) is 13.7. The van der Waals surface area contributed by atoms with E-state index in [-0.39, 0.29) is 11.9 Å². The summed E-state index contributed by atoms with van der Waals surface area (Å²) in [6.45, 7) is 2.96. The SMILES string of the molecule is CC(CCN(C)C)NC(=O)c1ccc(I)c(Cl)c1. The number of halogens is 2. The molecule has 1 aromatic carbocycles. The maximum absolute atomic E-state index is 12.0. The van der Waals surface area contributed by atoms with E-state index >= 15 is 0 Å². The van der Waals surface area contributed by atoms with Crippen LogP contribution in [0.4, 0.5) is 0 Å². The van der Waals surface area contributed by atoms with Gasteiger partial charge in [-0.3, -0.25) is 4.79 Å². The average Bonchev–Trinajstić information content (AvgIpc) is 2.30. The Kier molecular flexibility index (Phi) is 6.38. The molecule has 1 amide bonds. The van der Waals surface area contributed by atoms with E-state index in [1.807, 2.05) is 27.1 Å². The number of rotatable bonds is 5. The highest BCUT2D eigenvalue weighted by Gasteiger charge is 2.11. The van der Waals surface area contributed by atoms with E-state index in [1.165, 1.54) is 0 Å². The molecule has 0 aliphatic rings. The first-order valence-corrected chi connectivity index (χ1v) is 7.26. The maximum atomic E-state index is 12.0. The number of amides is 1. The molecule has 1 rings (SSSR count). The van der Waals surface area contributed by atoms with Gasteiger partial charge in [0.2, 0.25) is 0 Å². The summed E-state index contributed by atoms with van der Waals surface area (Å²) in [6.07, 6.45) is 0.927. The molecule has 1 unspecified atom stereocenters. The van der Waals surface area contributed by atoms with Crippen LogP contribution in [0.25, 0.3) is 0 Å². The van der Waals surface area contributed by atoms with Crippen molar-refractivity contribution >= 4 is 40.1 Å². The predicted octanol–water partition coefficient (Wildman–Crippen LogP) is 3.01. The molecular weight excluding hydrogens is 363 g/mol. The smallest absolute Gasteiger partial charge is 0.251 e. The molecule has 18 heavy (non-hydrogen) atoms. The first kappa shape index (κ1) is 15.7. The monoisotopic (exact) mass is 380 g/mol. The second-order valence-corrected chi connectivity index (χ2v) is 6.16. The van der Waals surface area contributed by atoms with Crippen molar-refractivity contribution in [2.24, 2.45) is 0 Å². The lowest BCUT2D eigenvalue weighted by Crippen LogP contribution is -2.34. The van der Waals surface area contributed by atoms with Gasteiger partial charge >= 0.3 is 0 Å². The molecule has 0 bridgehead atoms. The van der Waals surface area contributed by atoms with E-state index in [0.29, 0.717) is 10.6 Å². The fraction of sp³-hybridized carbons (Fsp3) is 0.462. The Morgan fingerprint density at radius 3 is 2.72 bits per heavy atom. The van der Waals surface area contributed by atoms with Gasteiger partial charge < -0.3 is 10.2 Å². The second-order valence-electron chi connectivity index (χ2n) is 4.60. The summed E-state index contributed by atoms with van der Waals surface area (Å²) in [7, 11) is 4.04. The quantitative estimate of drug-likeness (QED) is 0.797. The summed E-state index contributed by atoms with van der Waals surface area (Å²) in [4.78, 5) is 14.1. The van der Waals surface area contributed by atoms with Gasteiger partial charge in [-0.25, -0.2) is 0 Å². The minimum atomic E-state index is -0.0699. The number of hydrogen-bond donors (Lipinski definition) is 1. The van der Waals surface area contributed by atoms with Crippen molar-refractivity contribution in [3.63, 3.8) is 0 Å². The van der Waals surface area contributed by atoms with E-state index in [1.54, 1.807) is 12.1 Å². The molecule has 3 nitrogen and oxygen atoms in total. The van der Waals surface area contributed by atoms with Crippen LogP contribution in [0.1, 0.15) is 23.7 Å². The molecule has 0 aliphatic heterocycles. The Hall–Kier alpha value is -0.330. The molecule has 0 heterocycles. The normalized spacial score (nSPS) is 12.6. The molecule has 1 atom stereocenters. The Labute approximate surface area is 127 Å². The van der Waals surface area contributed by atoms with Gasteiger partial charge in [0.15, 0.2) is 0 Å². The summed E-state index contributed by atoms with van der Waals surface area (Å²) in [5.41, 5.74) is 0.608. The highest BCUT2D eigenvalue weighted by atomic mass is 127. The van der Waals surface area contributed by atoms with E-state index in [0.717, 1.165) is 16.5 Å². The zero-order valence-corrected chi connectivity index (χ0v) is 13.7. The molecule has 0 saturated heterocycles. The van der Waals surface area contributed by atoms with Crippen molar-refractivity contribution in [3.05, 3.63) is 32.4 Å². The summed E-state index contributed by atoms with van der Waals surface area (Å²) in [6, 6.07) is 5.50. The number of carbonyl (C=O) groups excluding carboxylic acids is 1. The van der Waals surface area contributed by atoms with Crippen LogP contribution in [0.5, 0.6) is 0 Å². The average molecular weight is 381 g/mol. The third-order valence-electron chi connectivity index (χ3n) is 2.57. The van der Waals surface area contributed by atoms with Crippen LogP contribution in [0, 0.1) is 3.57 Å². The van der Waals surface area contributed by atoms with Gasteiger partial charge in [-0.2, -0.15) is 0 Å². The Morgan fingerprint density at radius 1 is 1.50 bits per heavy atom. The van der Waals surface area contributed by atoms with Crippen molar-refractivity contribution in [2.45, 2.75) is 19.4 Å². The lowest BCUT2D eigenvalue weighted by molar-refractivity contribution is 0.0937. The van der Waals surface area contributed by atoms with Crippen molar-refractivity contribution in [1.29, 1.82) is 0 Å². The topological polar surface area (TPSA) is 32.3 Å². The Morgan fingerprint density at radius 2 is 2.17 bits per heavy atom. The summed E-state index contributed by atoms with van der Waals surface area (Å²) in [5, 5.41) is 3.59. The molecule has 1 aromatic rings. The molecular formula is C13H18ClIN2O. The molecule has 0 aromatic heterocycles. The van der Waals surface area contributed by atoms with Crippen molar-refractivity contribution in [3.8, 4) is 0 Å². The van der Waals surface area contributed by atoms with E-state index in [9.17, 15) is 4.79 Å². The van der Waals surface area contributed by atoms with Crippen molar-refractivity contribution < 1.29 is 4.79 Å².